The molecule has 1 saturated carbocycles. The van der Waals surface area contributed by atoms with E-state index in [9.17, 15) is 22.8 Å². The summed E-state index contributed by atoms with van der Waals surface area (Å²) in [5.74, 6) is -0.659. The number of hydrogen-bond acceptors (Lipinski definition) is 6. The van der Waals surface area contributed by atoms with Crippen LogP contribution in [0.3, 0.4) is 0 Å². The number of anilines is 1. The molecule has 1 N–H and O–H groups in total. The number of hydrogen-bond donors (Lipinski definition) is 1. The monoisotopic (exact) mass is 501 g/mol. The Labute approximate surface area is 207 Å². The van der Waals surface area contributed by atoms with E-state index in [0.29, 0.717) is 30.6 Å². The fourth-order valence-corrected chi connectivity index (χ4v) is 7.88. The number of carbonyl (C=O) groups is 3. The third kappa shape index (κ3) is 4.97. The molecule has 0 aromatic heterocycles. The summed E-state index contributed by atoms with van der Waals surface area (Å²) in [5, 5.41) is 2.93. The maximum atomic E-state index is 13.6. The van der Waals surface area contributed by atoms with Crippen molar-refractivity contribution in [2.75, 3.05) is 29.5 Å². The Morgan fingerprint density at radius 1 is 0.914 bits per heavy atom. The van der Waals surface area contributed by atoms with Crippen LogP contribution < -0.4 is 10.2 Å². The molecule has 3 amide bonds. The van der Waals surface area contributed by atoms with Gasteiger partial charge >= 0.3 is 0 Å². The second kappa shape index (κ2) is 9.91. The fourth-order valence-electron chi connectivity index (χ4n) is 6.21. The third-order valence-corrected chi connectivity index (χ3v) is 9.84. The van der Waals surface area contributed by atoms with Crippen molar-refractivity contribution in [2.24, 2.45) is 5.92 Å². The maximum Gasteiger partial charge on any atom is 0.263 e. The lowest BCUT2D eigenvalue weighted by Gasteiger charge is -2.35. The van der Waals surface area contributed by atoms with E-state index in [0.717, 1.165) is 57.1 Å². The predicted molar refractivity (Wildman–Crippen MR) is 133 cm³/mol. The molecule has 3 aliphatic heterocycles. The molecule has 0 spiro atoms. The molecule has 0 radical (unpaired) electrons. The molecule has 2 saturated heterocycles. The van der Waals surface area contributed by atoms with Crippen molar-refractivity contribution in [3.05, 3.63) is 29.3 Å². The van der Waals surface area contributed by atoms with E-state index in [1.165, 1.54) is 11.3 Å². The minimum absolute atomic E-state index is 0.00891. The summed E-state index contributed by atoms with van der Waals surface area (Å²) in [4.78, 5) is 43.5. The van der Waals surface area contributed by atoms with Gasteiger partial charge in [0.15, 0.2) is 9.84 Å². The van der Waals surface area contributed by atoms with Crippen LogP contribution in [-0.2, 0) is 14.6 Å². The summed E-state index contributed by atoms with van der Waals surface area (Å²) in [5.41, 5.74) is 1.68. The number of nitrogens with one attached hydrogen (secondary N) is 1. The summed E-state index contributed by atoms with van der Waals surface area (Å²) in [6.07, 6.45) is 9.30. The van der Waals surface area contributed by atoms with Crippen molar-refractivity contribution in [3.63, 3.8) is 0 Å². The number of amides is 3. The average Bonchev–Trinajstić information content (AvgIpc) is 3.29. The maximum absolute atomic E-state index is 13.6. The summed E-state index contributed by atoms with van der Waals surface area (Å²) in [6.45, 7) is 1.16. The summed E-state index contributed by atoms with van der Waals surface area (Å²) >= 11 is 0. The second-order valence-corrected chi connectivity index (χ2v) is 12.8. The highest BCUT2D eigenvalue weighted by Gasteiger charge is 2.42. The van der Waals surface area contributed by atoms with Gasteiger partial charge in [-0.05, 0) is 44.2 Å². The Morgan fingerprint density at radius 2 is 1.66 bits per heavy atom. The van der Waals surface area contributed by atoms with E-state index in [2.05, 4.69) is 10.2 Å². The molecule has 2 unspecified atom stereocenters. The van der Waals surface area contributed by atoms with Crippen LogP contribution >= 0.6 is 0 Å². The lowest BCUT2D eigenvalue weighted by Crippen LogP contribution is -2.46. The molecular formula is C26H35N3O5S. The number of rotatable bonds is 4. The van der Waals surface area contributed by atoms with Gasteiger partial charge in [0, 0.05) is 25.2 Å². The molecular weight excluding hydrogens is 466 g/mol. The number of sulfone groups is 1. The Bertz CT molecular complexity index is 1110. The van der Waals surface area contributed by atoms with Crippen LogP contribution in [0.4, 0.5) is 5.69 Å². The predicted octanol–water partition coefficient (Wildman–Crippen LogP) is 2.92. The lowest BCUT2D eigenvalue weighted by molar-refractivity contribution is -0.125. The van der Waals surface area contributed by atoms with E-state index >= 15 is 0 Å². The number of imide groups is 1. The van der Waals surface area contributed by atoms with Crippen LogP contribution in [0, 0.1) is 5.92 Å². The van der Waals surface area contributed by atoms with E-state index in [4.69, 9.17) is 0 Å². The Balaban J connectivity index is 1.32. The van der Waals surface area contributed by atoms with Crippen molar-refractivity contribution in [2.45, 2.75) is 76.3 Å². The zero-order valence-electron chi connectivity index (χ0n) is 20.2. The molecule has 35 heavy (non-hydrogen) atoms. The smallest absolute Gasteiger partial charge is 0.263 e. The summed E-state index contributed by atoms with van der Waals surface area (Å²) in [7, 11) is -3.06. The quantitative estimate of drug-likeness (QED) is 0.637. The summed E-state index contributed by atoms with van der Waals surface area (Å²) in [6, 6.07) is 5.10. The number of benzene rings is 1. The van der Waals surface area contributed by atoms with Gasteiger partial charge in [-0.1, -0.05) is 38.2 Å². The van der Waals surface area contributed by atoms with Crippen molar-refractivity contribution in [1.29, 1.82) is 0 Å². The van der Waals surface area contributed by atoms with Crippen molar-refractivity contribution >= 4 is 33.2 Å². The minimum Gasteiger partial charge on any atom is -0.370 e. The SMILES string of the molecule is O=C(NC1CCS(=O)(=O)C1)C1CCCN(c2cccc3c2C(=O)N(C2CCCCCCC2)C3=O)C1. The minimum atomic E-state index is -3.06. The second-order valence-electron chi connectivity index (χ2n) is 10.6. The largest absolute Gasteiger partial charge is 0.370 e. The molecule has 9 heteroatoms. The Hall–Kier alpha value is -2.42. The van der Waals surface area contributed by atoms with Gasteiger partial charge in [0.2, 0.25) is 5.91 Å². The molecule has 1 aliphatic carbocycles. The van der Waals surface area contributed by atoms with Crippen LogP contribution in [0.25, 0.3) is 0 Å². The van der Waals surface area contributed by atoms with Gasteiger partial charge in [-0.25, -0.2) is 8.42 Å². The van der Waals surface area contributed by atoms with E-state index < -0.39 is 9.84 Å². The Kier molecular flexibility index (Phi) is 6.88. The highest BCUT2D eigenvalue weighted by atomic mass is 32.2. The van der Waals surface area contributed by atoms with E-state index in [1.54, 1.807) is 6.07 Å². The highest BCUT2D eigenvalue weighted by Crippen LogP contribution is 2.37. The van der Waals surface area contributed by atoms with Crippen LogP contribution in [0.2, 0.25) is 0 Å². The van der Waals surface area contributed by atoms with Gasteiger partial charge in [0.25, 0.3) is 11.8 Å². The van der Waals surface area contributed by atoms with Crippen LogP contribution in [0.5, 0.6) is 0 Å². The number of piperidine rings is 1. The molecule has 2 atom stereocenters. The first-order chi connectivity index (χ1) is 16.8. The first-order valence-electron chi connectivity index (χ1n) is 13.1. The van der Waals surface area contributed by atoms with Crippen LogP contribution in [0.15, 0.2) is 18.2 Å². The van der Waals surface area contributed by atoms with E-state index in [1.807, 2.05) is 12.1 Å². The van der Waals surface area contributed by atoms with Gasteiger partial charge in [-0.2, -0.15) is 0 Å². The number of fused-ring (bicyclic) bond motifs is 1. The topological polar surface area (TPSA) is 104 Å². The van der Waals surface area contributed by atoms with Gasteiger partial charge in [0.05, 0.1) is 34.2 Å². The average molecular weight is 502 g/mol. The molecule has 1 aromatic carbocycles. The third-order valence-electron chi connectivity index (χ3n) is 8.08. The molecule has 4 aliphatic rings. The van der Waals surface area contributed by atoms with E-state index in [-0.39, 0.29) is 47.2 Å². The zero-order valence-corrected chi connectivity index (χ0v) is 21.0. The van der Waals surface area contributed by atoms with Gasteiger partial charge in [-0.15, -0.1) is 0 Å². The Morgan fingerprint density at radius 3 is 2.37 bits per heavy atom. The molecule has 190 valence electrons. The van der Waals surface area contributed by atoms with Gasteiger partial charge < -0.3 is 10.2 Å². The molecule has 3 fully saturated rings. The van der Waals surface area contributed by atoms with Gasteiger partial charge in [0.1, 0.15) is 0 Å². The normalized spacial score (nSPS) is 27.4. The van der Waals surface area contributed by atoms with Crippen molar-refractivity contribution < 1.29 is 22.8 Å². The van der Waals surface area contributed by atoms with Crippen molar-refractivity contribution in [1.82, 2.24) is 10.2 Å². The zero-order chi connectivity index (χ0) is 24.6. The van der Waals surface area contributed by atoms with Crippen molar-refractivity contribution in [3.8, 4) is 0 Å². The first-order valence-corrected chi connectivity index (χ1v) is 14.9. The lowest BCUT2D eigenvalue weighted by atomic mass is 9.95. The number of nitrogens with zero attached hydrogens (tertiary/aromatic N) is 2. The highest BCUT2D eigenvalue weighted by molar-refractivity contribution is 7.91. The fraction of sp³-hybridized carbons (Fsp3) is 0.654. The number of carbonyl (C=O) groups excluding carboxylic acids is 3. The molecule has 1 aromatic rings. The molecule has 3 heterocycles. The molecule has 5 rings (SSSR count). The van der Waals surface area contributed by atoms with Gasteiger partial charge in [-0.3, -0.25) is 19.3 Å². The van der Waals surface area contributed by atoms with Crippen LogP contribution in [-0.4, -0.2) is 67.7 Å². The summed E-state index contributed by atoms with van der Waals surface area (Å²) < 4.78 is 23.5. The first kappa shape index (κ1) is 24.3. The molecule has 0 bridgehead atoms. The van der Waals surface area contributed by atoms with Crippen LogP contribution in [0.1, 0.15) is 84.9 Å². The standard InChI is InChI=1S/C26H35N3O5S/c30-24(27-19-13-15-35(33,34)17-19)18-8-7-14-28(16-18)22-12-6-11-21-23(22)26(32)29(25(21)31)20-9-4-2-1-3-5-10-20/h6,11-12,18-20H,1-5,7-10,13-17H2,(H,27,30). The molecule has 8 nitrogen and oxygen atoms in total.